The maximum Gasteiger partial charge on any atom is 0.191 e. The van der Waals surface area contributed by atoms with Gasteiger partial charge >= 0.3 is 0 Å². The lowest BCUT2D eigenvalue weighted by Crippen LogP contribution is -2.45. The van der Waals surface area contributed by atoms with Gasteiger partial charge in [-0.2, -0.15) is 0 Å². The lowest BCUT2D eigenvalue weighted by atomic mass is 9.96. The highest BCUT2D eigenvalue weighted by Gasteiger charge is 2.45. The molecule has 1 aromatic rings. The van der Waals surface area contributed by atoms with Gasteiger partial charge in [-0.25, -0.2) is 0 Å². The number of hydrogen-bond acceptors (Lipinski definition) is 3. The van der Waals surface area contributed by atoms with Crippen LogP contribution in [0.3, 0.4) is 0 Å². The van der Waals surface area contributed by atoms with E-state index in [0.29, 0.717) is 0 Å². The molecule has 0 atom stereocenters. The Balaban J connectivity index is 1.34. The predicted octanol–water partition coefficient (Wildman–Crippen LogP) is 2.67. The number of unbranched alkanes of at least 4 members (excludes halogenated alkanes) is 1. The topological polar surface area (TPSA) is 42.9 Å². The maximum absolute atomic E-state index is 4.40. The van der Waals surface area contributed by atoms with E-state index in [1.54, 1.807) is 0 Å². The molecule has 6 heteroatoms. The van der Waals surface area contributed by atoms with Crippen LogP contribution < -0.4 is 10.6 Å². The largest absolute Gasteiger partial charge is 0.356 e. The Bertz CT molecular complexity index is 621. The molecule has 2 aliphatic rings. The first kappa shape index (κ1) is 20.6. The van der Waals surface area contributed by atoms with Gasteiger partial charge in [-0.3, -0.25) is 4.99 Å². The Morgan fingerprint density at radius 3 is 2.52 bits per heavy atom. The number of nitrogens with one attached hydrogen (secondary N) is 2. The standard InChI is InChI=1S/C21H34BrN5/c1-23-20(24-11-5-6-12-27-15-13-26(2)14-16-27)25-17-21(9-10-21)18-7-3-4-8-19(18)22/h3-4,7-8H,5-6,9-17H2,1-2H3,(H2,23,24,25). The van der Waals surface area contributed by atoms with Gasteiger partial charge in [-0.15, -0.1) is 0 Å². The van der Waals surface area contributed by atoms with Crippen molar-refractivity contribution < 1.29 is 0 Å². The third-order valence-electron chi connectivity index (χ3n) is 5.91. The molecule has 27 heavy (non-hydrogen) atoms. The molecule has 0 aromatic heterocycles. The number of piperazine rings is 1. The molecule has 0 radical (unpaired) electrons. The molecule has 0 spiro atoms. The Hall–Kier alpha value is -1.11. The van der Waals surface area contributed by atoms with Crippen molar-refractivity contribution in [2.24, 2.45) is 4.99 Å². The number of aliphatic imine (C=N–C) groups is 1. The molecule has 5 nitrogen and oxygen atoms in total. The van der Waals surface area contributed by atoms with Crippen molar-refractivity contribution in [2.75, 3.05) is 59.9 Å². The Kier molecular flexibility index (Phi) is 7.56. The molecule has 2 N–H and O–H groups in total. The summed E-state index contributed by atoms with van der Waals surface area (Å²) >= 11 is 3.71. The molecule has 1 heterocycles. The van der Waals surface area contributed by atoms with Gasteiger partial charge in [0.15, 0.2) is 5.96 Å². The number of likely N-dealkylation sites (N-methyl/N-ethyl adjacent to an activating group) is 1. The molecule has 150 valence electrons. The molecular weight excluding hydrogens is 402 g/mol. The van der Waals surface area contributed by atoms with Crippen LogP contribution in [0, 0.1) is 0 Å². The fourth-order valence-corrected chi connectivity index (χ4v) is 4.50. The van der Waals surface area contributed by atoms with Crippen molar-refractivity contribution in [1.82, 2.24) is 20.4 Å². The quantitative estimate of drug-likeness (QED) is 0.374. The second-order valence-electron chi connectivity index (χ2n) is 7.96. The van der Waals surface area contributed by atoms with Crippen molar-refractivity contribution in [1.29, 1.82) is 0 Å². The van der Waals surface area contributed by atoms with E-state index in [1.807, 2.05) is 7.05 Å². The molecule has 2 fully saturated rings. The van der Waals surface area contributed by atoms with Crippen LogP contribution in [0.5, 0.6) is 0 Å². The van der Waals surface area contributed by atoms with Crippen LogP contribution in [0.15, 0.2) is 33.7 Å². The van der Waals surface area contributed by atoms with E-state index in [2.05, 4.69) is 72.7 Å². The molecular formula is C21H34BrN5. The van der Waals surface area contributed by atoms with Gasteiger partial charge in [0.1, 0.15) is 0 Å². The smallest absolute Gasteiger partial charge is 0.191 e. The average molecular weight is 436 g/mol. The molecule has 0 amide bonds. The molecule has 1 aliphatic carbocycles. The first-order chi connectivity index (χ1) is 13.1. The maximum atomic E-state index is 4.40. The highest BCUT2D eigenvalue weighted by Crippen LogP contribution is 2.49. The SMILES string of the molecule is CN=C(NCCCCN1CCN(C)CC1)NCC1(c2ccccc2Br)CC1. The molecule has 1 saturated heterocycles. The minimum absolute atomic E-state index is 0.263. The van der Waals surface area contributed by atoms with Gasteiger partial charge in [0.05, 0.1) is 0 Å². The average Bonchev–Trinajstić information content (AvgIpc) is 3.46. The van der Waals surface area contributed by atoms with Gasteiger partial charge in [0.25, 0.3) is 0 Å². The minimum Gasteiger partial charge on any atom is -0.356 e. The number of guanidine groups is 1. The molecule has 0 bridgehead atoms. The third kappa shape index (κ3) is 5.93. The van der Waals surface area contributed by atoms with Crippen LogP contribution in [0.2, 0.25) is 0 Å². The fraction of sp³-hybridized carbons (Fsp3) is 0.667. The van der Waals surface area contributed by atoms with Crippen molar-refractivity contribution in [3.05, 3.63) is 34.3 Å². The van der Waals surface area contributed by atoms with E-state index in [4.69, 9.17) is 0 Å². The van der Waals surface area contributed by atoms with Crippen LogP contribution in [0.25, 0.3) is 0 Å². The normalized spacial score (nSPS) is 20.5. The van der Waals surface area contributed by atoms with E-state index in [-0.39, 0.29) is 5.41 Å². The summed E-state index contributed by atoms with van der Waals surface area (Å²) in [4.78, 5) is 9.39. The van der Waals surface area contributed by atoms with E-state index < -0.39 is 0 Å². The van der Waals surface area contributed by atoms with Gasteiger partial charge in [0, 0.05) is 56.2 Å². The summed E-state index contributed by atoms with van der Waals surface area (Å²) in [7, 11) is 4.07. The lowest BCUT2D eigenvalue weighted by molar-refractivity contribution is 0.152. The van der Waals surface area contributed by atoms with Gasteiger partial charge in [-0.1, -0.05) is 34.1 Å². The summed E-state index contributed by atoms with van der Waals surface area (Å²) in [6.07, 6.45) is 4.91. The van der Waals surface area contributed by atoms with E-state index in [0.717, 1.165) is 19.0 Å². The predicted molar refractivity (Wildman–Crippen MR) is 118 cm³/mol. The Morgan fingerprint density at radius 1 is 1.11 bits per heavy atom. The number of nitrogens with zero attached hydrogens (tertiary/aromatic N) is 3. The molecule has 3 rings (SSSR count). The summed E-state index contributed by atoms with van der Waals surface area (Å²) in [5.74, 6) is 0.924. The zero-order valence-corrected chi connectivity index (χ0v) is 18.4. The summed E-state index contributed by atoms with van der Waals surface area (Å²) in [6.45, 7) is 7.97. The fourth-order valence-electron chi connectivity index (χ4n) is 3.80. The molecule has 1 saturated carbocycles. The Labute approximate surface area is 172 Å². The van der Waals surface area contributed by atoms with Crippen LogP contribution in [-0.4, -0.2) is 75.7 Å². The highest BCUT2D eigenvalue weighted by molar-refractivity contribution is 9.10. The van der Waals surface area contributed by atoms with Crippen molar-refractivity contribution in [3.63, 3.8) is 0 Å². The van der Waals surface area contributed by atoms with Crippen LogP contribution in [-0.2, 0) is 5.41 Å². The first-order valence-corrected chi connectivity index (χ1v) is 11.0. The zero-order chi connectivity index (χ0) is 19.1. The monoisotopic (exact) mass is 435 g/mol. The van der Waals surface area contributed by atoms with Crippen LogP contribution >= 0.6 is 15.9 Å². The van der Waals surface area contributed by atoms with Gasteiger partial charge < -0.3 is 20.4 Å². The summed E-state index contributed by atoms with van der Waals surface area (Å²) in [5.41, 5.74) is 1.68. The summed E-state index contributed by atoms with van der Waals surface area (Å²) < 4.78 is 1.22. The van der Waals surface area contributed by atoms with Crippen LogP contribution in [0.4, 0.5) is 0 Å². The third-order valence-corrected chi connectivity index (χ3v) is 6.60. The first-order valence-electron chi connectivity index (χ1n) is 10.2. The van der Waals surface area contributed by atoms with Crippen LogP contribution in [0.1, 0.15) is 31.2 Å². The van der Waals surface area contributed by atoms with Crippen molar-refractivity contribution in [3.8, 4) is 0 Å². The number of halogens is 1. The van der Waals surface area contributed by atoms with Gasteiger partial charge in [0.2, 0.25) is 0 Å². The number of rotatable bonds is 8. The zero-order valence-electron chi connectivity index (χ0n) is 16.8. The minimum atomic E-state index is 0.263. The summed E-state index contributed by atoms with van der Waals surface area (Å²) in [5, 5.41) is 7.03. The molecule has 0 unspecified atom stereocenters. The van der Waals surface area contributed by atoms with E-state index >= 15 is 0 Å². The summed E-state index contributed by atoms with van der Waals surface area (Å²) in [6, 6.07) is 8.60. The van der Waals surface area contributed by atoms with Crippen molar-refractivity contribution in [2.45, 2.75) is 31.1 Å². The van der Waals surface area contributed by atoms with E-state index in [9.17, 15) is 0 Å². The number of benzene rings is 1. The molecule has 1 aromatic carbocycles. The Morgan fingerprint density at radius 2 is 1.85 bits per heavy atom. The molecule has 1 aliphatic heterocycles. The lowest BCUT2D eigenvalue weighted by Gasteiger charge is -2.32. The highest BCUT2D eigenvalue weighted by atomic mass is 79.9. The second-order valence-corrected chi connectivity index (χ2v) is 8.82. The van der Waals surface area contributed by atoms with Gasteiger partial charge in [-0.05, 0) is 50.9 Å². The van der Waals surface area contributed by atoms with Crippen molar-refractivity contribution >= 4 is 21.9 Å². The van der Waals surface area contributed by atoms with E-state index in [1.165, 1.54) is 68.4 Å². The number of hydrogen-bond donors (Lipinski definition) is 2. The second kappa shape index (κ2) is 9.89.